The van der Waals surface area contributed by atoms with Crippen LogP contribution >= 0.6 is 0 Å². The van der Waals surface area contributed by atoms with Crippen molar-refractivity contribution in [2.45, 2.75) is 57.9 Å². The van der Waals surface area contributed by atoms with E-state index in [0.717, 1.165) is 37.9 Å². The summed E-state index contributed by atoms with van der Waals surface area (Å²) in [5.74, 6) is 0.618. The summed E-state index contributed by atoms with van der Waals surface area (Å²) in [6.07, 6.45) is 9.66. The maximum atomic E-state index is 12.6. The Morgan fingerprint density at radius 3 is 2.70 bits per heavy atom. The van der Waals surface area contributed by atoms with Crippen LogP contribution in [0.2, 0.25) is 0 Å². The molecule has 0 spiro atoms. The third-order valence-corrected chi connectivity index (χ3v) is 4.17. The van der Waals surface area contributed by atoms with Gasteiger partial charge in [-0.05, 0) is 19.3 Å². The van der Waals surface area contributed by atoms with Crippen molar-refractivity contribution in [2.75, 3.05) is 0 Å². The van der Waals surface area contributed by atoms with Crippen LogP contribution in [-0.4, -0.2) is 15.9 Å². The molecule has 1 atom stereocenters. The number of nitrogens with one attached hydrogen (secondary N) is 2. The minimum absolute atomic E-state index is 0.134. The molecule has 0 aromatic carbocycles. The number of nitrogens with zero attached hydrogens (tertiary/aromatic N) is 2. The number of aromatic nitrogens is 2. The van der Waals surface area contributed by atoms with Gasteiger partial charge in [0.05, 0.1) is 12.1 Å². The lowest BCUT2D eigenvalue weighted by Gasteiger charge is -2.26. The van der Waals surface area contributed by atoms with Crippen molar-refractivity contribution in [1.29, 1.82) is 5.26 Å². The quantitative estimate of drug-likeness (QED) is 0.828. The Bertz CT molecular complexity index is 467. The number of nitriles is 1. The van der Waals surface area contributed by atoms with Gasteiger partial charge in [-0.2, -0.15) is 5.26 Å². The molecule has 1 aromatic rings. The summed E-state index contributed by atoms with van der Waals surface area (Å²) in [7, 11) is 0. The number of carbonyl (C=O) groups excluding carboxylic acids is 1. The molecule has 1 aromatic heterocycles. The molecule has 1 heterocycles. The van der Waals surface area contributed by atoms with Gasteiger partial charge in [-0.3, -0.25) is 4.79 Å². The van der Waals surface area contributed by atoms with E-state index in [1.54, 1.807) is 12.4 Å². The minimum atomic E-state index is -0.851. The van der Waals surface area contributed by atoms with E-state index in [1.165, 1.54) is 0 Å². The molecule has 0 saturated heterocycles. The Kier molecular flexibility index (Phi) is 4.78. The Morgan fingerprint density at radius 1 is 1.50 bits per heavy atom. The van der Waals surface area contributed by atoms with E-state index < -0.39 is 5.41 Å². The fraction of sp³-hybridized carbons (Fsp3) is 0.667. The first kappa shape index (κ1) is 14.6. The van der Waals surface area contributed by atoms with E-state index in [4.69, 9.17) is 0 Å². The molecule has 20 heavy (non-hydrogen) atoms. The van der Waals surface area contributed by atoms with E-state index in [-0.39, 0.29) is 11.9 Å². The first-order valence-electron chi connectivity index (χ1n) is 7.43. The molecule has 1 aliphatic rings. The molecule has 0 bridgehead atoms. The van der Waals surface area contributed by atoms with Crippen LogP contribution in [-0.2, 0) is 4.79 Å². The average molecular weight is 274 g/mol. The molecule has 108 valence electrons. The van der Waals surface area contributed by atoms with Crippen LogP contribution < -0.4 is 5.32 Å². The van der Waals surface area contributed by atoms with Gasteiger partial charge in [0.1, 0.15) is 11.2 Å². The van der Waals surface area contributed by atoms with Crippen molar-refractivity contribution < 1.29 is 4.79 Å². The van der Waals surface area contributed by atoms with Gasteiger partial charge in [0.2, 0.25) is 5.91 Å². The average Bonchev–Trinajstić information content (AvgIpc) is 2.89. The van der Waals surface area contributed by atoms with Crippen LogP contribution in [0.5, 0.6) is 0 Å². The Hall–Kier alpha value is -1.83. The summed E-state index contributed by atoms with van der Waals surface area (Å²) in [4.78, 5) is 19.8. The van der Waals surface area contributed by atoms with Crippen LogP contribution in [0.4, 0.5) is 0 Å². The number of imidazole rings is 1. The molecule has 5 nitrogen and oxygen atoms in total. The van der Waals surface area contributed by atoms with Crippen molar-refractivity contribution in [3.63, 3.8) is 0 Å². The second-order valence-corrected chi connectivity index (χ2v) is 5.52. The molecule has 1 saturated carbocycles. The van der Waals surface area contributed by atoms with Gasteiger partial charge in [0.15, 0.2) is 0 Å². The van der Waals surface area contributed by atoms with Gasteiger partial charge >= 0.3 is 0 Å². The summed E-state index contributed by atoms with van der Waals surface area (Å²) < 4.78 is 0. The first-order chi connectivity index (χ1) is 9.72. The van der Waals surface area contributed by atoms with Crippen LogP contribution in [0.25, 0.3) is 0 Å². The molecule has 1 aliphatic carbocycles. The van der Waals surface area contributed by atoms with Crippen LogP contribution in [0.15, 0.2) is 12.4 Å². The van der Waals surface area contributed by atoms with Crippen LogP contribution in [0, 0.1) is 16.7 Å². The summed E-state index contributed by atoms with van der Waals surface area (Å²) in [5, 5.41) is 12.5. The van der Waals surface area contributed by atoms with E-state index in [9.17, 15) is 10.1 Å². The number of carbonyl (C=O) groups is 1. The molecule has 0 aliphatic heterocycles. The fourth-order valence-corrected chi connectivity index (χ4v) is 2.85. The number of H-pyrrole nitrogens is 1. The monoisotopic (exact) mass is 274 g/mol. The highest BCUT2D eigenvalue weighted by Gasteiger charge is 2.39. The molecular formula is C15H22N4O. The molecular weight excluding hydrogens is 252 g/mol. The highest BCUT2D eigenvalue weighted by molar-refractivity contribution is 5.85. The summed E-state index contributed by atoms with van der Waals surface area (Å²) >= 11 is 0. The number of hydrogen-bond acceptors (Lipinski definition) is 3. The lowest BCUT2D eigenvalue weighted by atomic mass is 9.80. The van der Waals surface area contributed by atoms with Gasteiger partial charge in [-0.1, -0.05) is 32.6 Å². The summed E-state index contributed by atoms with van der Waals surface area (Å²) in [5.41, 5.74) is -0.851. The minimum Gasteiger partial charge on any atom is -0.347 e. The Labute approximate surface area is 119 Å². The van der Waals surface area contributed by atoms with Crippen molar-refractivity contribution in [3.8, 4) is 6.07 Å². The Morgan fingerprint density at radius 2 is 2.20 bits per heavy atom. The molecule has 1 unspecified atom stereocenters. The van der Waals surface area contributed by atoms with E-state index in [0.29, 0.717) is 12.8 Å². The highest BCUT2D eigenvalue weighted by atomic mass is 16.2. The van der Waals surface area contributed by atoms with E-state index >= 15 is 0 Å². The van der Waals surface area contributed by atoms with Crippen molar-refractivity contribution in [2.24, 2.45) is 5.41 Å². The SMILES string of the molecule is CCC(NC(=O)C1(C#N)CCCCCC1)c1ncc[nH]1. The van der Waals surface area contributed by atoms with Crippen LogP contribution in [0.1, 0.15) is 63.7 Å². The maximum absolute atomic E-state index is 12.6. The molecule has 2 N–H and O–H groups in total. The molecule has 1 fully saturated rings. The highest BCUT2D eigenvalue weighted by Crippen LogP contribution is 2.35. The van der Waals surface area contributed by atoms with Gasteiger partial charge in [0.25, 0.3) is 0 Å². The third kappa shape index (κ3) is 3.01. The number of hydrogen-bond donors (Lipinski definition) is 2. The van der Waals surface area contributed by atoms with Crippen LogP contribution in [0.3, 0.4) is 0 Å². The smallest absolute Gasteiger partial charge is 0.241 e. The van der Waals surface area contributed by atoms with Gasteiger partial charge in [0, 0.05) is 12.4 Å². The normalized spacial score (nSPS) is 19.6. The molecule has 0 radical (unpaired) electrons. The predicted molar refractivity (Wildman–Crippen MR) is 75.5 cm³/mol. The second-order valence-electron chi connectivity index (χ2n) is 5.52. The fourth-order valence-electron chi connectivity index (χ4n) is 2.85. The van der Waals surface area contributed by atoms with Gasteiger partial charge in [-0.15, -0.1) is 0 Å². The zero-order valence-corrected chi connectivity index (χ0v) is 12.0. The van der Waals surface area contributed by atoms with Gasteiger partial charge < -0.3 is 10.3 Å². The van der Waals surface area contributed by atoms with Gasteiger partial charge in [-0.25, -0.2) is 4.98 Å². The maximum Gasteiger partial charge on any atom is 0.241 e. The summed E-state index contributed by atoms with van der Waals surface area (Å²) in [6, 6.07) is 2.14. The first-order valence-corrected chi connectivity index (χ1v) is 7.43. The van der Waals surface area contributed by atoms with E-state index in [1.807, 2.05) is 6.92 Å². The molecule has 5 heteroatoms. The number of aromatic amines is 1. The number of rotatable bonds is 4. The summed E-state index contributed by atoms with van der Waals surface area (Å²) in [6.45, 7) is 2.00. The van der Waals surface area contributed by atoms with E-state index in [2.05, 4.69) is 21.4 Å². The zero-order chi connectivity index (χ0) is 14.4. The predicted octanol–water partition coefficient (Wildman–Crippen LogP) is 2.84. The number of amides is 1. The van der Waals surface area contributed by atoms with Crippen molar-refractivity contribution in [3.05, 3.63) is 18.2 Å². The van der Waals surface area contributed by atoms with Crippen molar-refractivity contribution >= 4 is 5.91 Å². The zero-order valence-electron chi connectivity index (χ0n) is 12.0. The Balaban J connectivity index is 2.10. The standard InChI is InChI=1S/C15H22N4O/c1-2-12(13-17-9-10-18-13)19-14(20)15(11-16)7-5-3-4-6-8-15/h9-10,12H,2-8H2,1H3,(H,17,18)(H,19,20). The lowest BCUT2D eigenvalue weighted by molar-refractivity contribution is -0.129. The topological polar surface area (TPSA) is 81.6 Å². The van der Waals surface area contributed by atoms with Crippen molar-refractivity contribution in [1.82, 2.24) is 15.3 Å². The lowest BCUT2D eigenvalue weighted by Crippen LogP contribution is -2.41. The molecule has 1 amide bonds. The second kappa shape index (κ2) is 6.56. The molecule has 2 rings (SSSR count). The largest absolute Gasteiger partial charge is 0.347 e. The third-order valence-electron chi connectivity index (χ3n) is 4.17.